The Labute approximate surface area is 139 Å². The van der Waals surface area contributed by atoms with Gasteiger partial charge >= 0.3 is 12.2 Å². The van der Waals surface area contributed by atoms with E-state index >= 15 is 0 Å². The molecule has 0 atom stereocenters. The van der Waals surface area contributed by atoms with E-state index in [4.69, 9.17) is 0 Å². The van der Waals surface area contributed by atoms with Crippen LogP contribution in [0.1, 0.15) is 11.3 Å². The first-order valence-electron chi connectivity index (χ1n) is 7.18. The smallest absolute Gasteiger partial charge is 0.332 e. The molecule has 10 heteroatoms. The number of hydrogen-bond acceptors (Lipinski definition) is 3. The van der Waals surface area contributed by atoms with E-state index < -0.39 is 17.8 Å². The molecule has 25 heavy (non-hydrogen) atoms. The largest absolute Gasteiger partial charge is 0.418 e. The van der Waals surface area contributed by atoms with Crippen molar-refractivity contribution in [3.05, 3.63) is 60.2 Å². The molecule has 7 nitrogen and oxygen atoms in total. The summed E-state index contributed by atoms with van der Waals surface area (Å²) in [7, 11) is 0. The van der Waals surface area contributed by atoms with Crippen molar-refractivity contribution in [3.63, 3.8) is 0 Å². The summed E-state index contributed by atoms with van der Waals surface area (Å²) in [6.07, 6.45) is -0.137. The molecule has 0 aliphatic rings. The van der Waals surface area contributed by atoms with E-state index in [1.165, 1.54) is 35.4 Å². The number of nitrogens with one attached hydrogen (secondary N) is 3. The van der Waals surface area contributed by atoms with Crippen LogP contribution in [0.3, 0.4) is 0 Å². The third-order valence-corrected chi connectivity index (χ3v) is 3.32. The number of benzene rings is 1. The summed E-state index contributed by atoms with van der Waals surface area (Å²) in [6.45, 7) is 0.110. The highest BCUT2D eigenvalue weighted by Crippen LogP contribution is 2.36. The van der Waals surface area contributed by atoms with Crippen LogP contribution >= 0.6 is 0 Å². The minimum Gasteiger partial charge on any atom is -0.332 e. The molecule has 0 bridgehead atoms. The second-order valence-electron chi connectivity index (χ2n) is 5.07. The standard InChI is InChI=1S/C15H13F3N6O/c16-15(17,18)12-8-11(24-7-1-5-21-24)2-3-13(12)22-14(25)19-9-10-4-6-20-23-10/h1-8H,9H2,(H,20,23)(H2,19,22,25). The fourth-order valence-electron chi connectivity index (χ4n) is 2.16. The Hall–Kier alpha value is -3.30. The van der Waals surface area contributed by atoms with E-state index in [0.717, 1.165) is 6.07 Å². The summed E-state index contributed by atoms with van der Waals surface area (Å²) in [5.74, 6) is 0. The van der Waals surface area contributed by atoms with Crippen LogP contribution in [-0.4, -0.2) is 26.0 Å². The zero-order chi connectivity index (χ0) is 17.9. The highest BCUT2D eigenvalue weighted by molar-refractivity contribution is 5.90. The van der Waals surface area contributed by atoms with E-state index in [1.807, 2.05) is 0 Å². The van der Waals surface area contributed by atoms with E-state index in [9.17, 15) is 18.0 Å². The quantitative estimate of drug-likeness (QED) is 0.676. The molecule has 3 rings (SSSR count). The van der Waals surface area contributed by atoms with Crippen LogP contribution in [0.4, 0.5) is 23.7 Å². The van der Waals surface area contributed by atoms with Gasteiger partial charge in [0.1, 0.15) is 0 Å². The predicted octanol–water partition coefficient (Wildman–Crippen LogP) is 2.94. The summed E-state index contributed by atoms with van der Waals surface area (Å²) in [4.78, 5) is 11.9. The molecule has 3 aromatic rings. The van der Waals surface area contributed by atoms with Gasteiger partial charge in [-0.2, -0.15) is 23.4 Å². The molecule has 0 saturated heterocycles. The van der Waals surface area contributed by atoms with Crippen LogP contribution in [0.15, 0.2) is 48.9 Å². The van der Waals surface area contributed by atoms with E-state index in [1.54, 1.807) is 12.1 Å². The molecular formula is C15H13F3N6O. The second kappa shape index (κ2) is 6.67. The van der Waals surface area contributed by atoms with Gasteiger partial charge in [-0.3, -0.25) is 5.10 Å². The first kappa shape index (κ1) is 16.6. The highest BCUT2D eigenvalue weighted by Gasteiger charge is 2.34. The molecule has 130 valence electrons. The van der Waals surface area contributed by atoms with Gasteiger partial charge in [-0.1, -0.05) is 0 Å². The lowest BCUT2D eigenvalue weighted by molar-refractivity contribution is -0.136. The Balaban J connectivity index is 1.79. The molecule has 2 aromatic heterocycles. The monoisotopic (exact) mass is 350 g/mol. The second-order valence-corrected chi connectivity index (χ2v) is 5.07. The predicted molar refractivity (Wildman–Crippen MR) is 83.0 cm³/mol. The van der Waals surface area contributed by atoms with Gasteiger partial charge in [0.05, 0.1) is 29.2 Å². The van der Waals surface area contributed by atoms with Crippen molar-refractivity contribution in [2.75, 3.05) is 5.32 Å². The van der Waals surface area contributed by atoms with E-state index in [2.05, 4.69) is 25.9 Å². The summed E-state index contributed by atoms with van der Waals surface area (Å²) in [5.41, 5.74) is -0.441. The summed E-state index contributed by atoms with van der Waals surface area (Å²) in [5, 5.41) is 14.9. The zero-order valence-electron chi connectivity index (χ0n) is 12.7. The van der Waals surface area contributed by atoms with Crippen LogP contribution in [-0.2, 0) is 12.7 Å². The van der Waals surface area contributed by atoms with Gasteiger partial charge in [-0.15, -0.1) is 0 Å². The lowest BCUT2D eigenvalue weighted by Crippen LogP contribution is -2.29. The Morgan fingerprint density at radius 3 is 2.72 bits per heavy atom. The molecule has 2 heterocycles. The Kier molecular flexibility index (Phi) is 4.42. The van der Waals surface area contributed by atoms with Crippen molar-refractivity contribution >= 4 is 11.7 Å². The van der Waals surface area contributed by atoms with Gasteiger partial charge in [0.25, 0.3) is 0 Å². The third kappa shape index (κ3) is 3.97. The highest BCUT2D eigenvalue weighted by atomic mass is 19.4. The van der Waals surface area contributed by atoms with Gasteiger partial charge in [0.2, 0.25) is 0 Å². The van der Waals surface area contributed by atoms with Gasteiger partial charge in [0, 0.05) is 18.6 Å². The molecule has 0 unspecified atom stereocenters. The van der Waals surface area contributed by atoms with Crippen molar-refractivity contribution in [2.24, 2.45) is 0 Å². The number of anilines is 1. The fourth-order valence-corrected chi connectivity index (χ4v) is 2.16. The molecule has 0 fully saturated rings. The number of aromatic amines is 1. The van der Waals surface area contributed by atoms with E-state index in [0.29, 0.717) is 5.69 Å². The minimum absolute atomic E-state index is 0.110. The maximum atomic E-state index is 13.3. The maximum Gasteiger partial charge on any atom is 0.418 e. The zero-order valence-corrected chi connectivity index (χ0v) is 12.7. The number of rotatable bonds is 4. The molecule has 0 aliphatic carbocycles. The number of nitrogens with zero attached hydrogens (tertiary/aromatic N) is 3. The third-order valence-electron chi connectivity index (χ3n) is 3.32. The number of hydrogen-bond donors (Lipinski definition) is 3. The van der Waals surface area contributed by atoms with Crippen LogP contribution in [0, 0.1) is 0 Å². The molecule has 3 N–H and O–H groups in total. The SMILES string of the molecule is O=C(NCc1ccn[nH]1)Nc1ccc(-n2cccn2)cc1C(F)(F)F. The first-order valence-corrected chi connectivity index (χ1v) is 7.18. The number of aromatic nitrogens is 4. The minimum atomic E-state index is -4.63. The van der Waals surface area contributed by atoms with Crippen LogP contribution in [0.2, 0.25) is 0 Å². The molecule has 0 spiro atoms. The van der Waals surface area contributed by atoms with Crippen molar-refractivity contribution in [1.29, 1.82) is 0 Å². The van der Waals surface area contributed by atoms with Gasteiger partial charge in [-0.25, -0.2) is 9.48 Å². The average Bonchev–Trinajstić information content (AvgIpc) is 3.26. The Morgan fingerprint density at radius 1 is 1.24 bits per heavy atom. The summed E-state index contributed by atoms with van der Waals surface area (Å²) in [6, 6.07) is 6.04. The van der Waals surface area contributed by atoms with Gasteiger partial charge < -0.3 is 10.6 Å². The molecule has 0 saturated carbocycles. The molecule has 0 aliphatic heterocycles. The van der Waals surface area contributed by atoms with Crippen molar-refractivity contribution < 1.29 is 18.0 Å². The number of urea groups is 1. The summed E-state index contributed by atoms with van der Waals surface area (Å²) < 4.78 is 41.2. The maximum absolute atomic E-state index is 13.3. The molecule has 0 radical (unpaired) electrons. The molecule has 2 amide bonds. The number of carbonyl (C=O) groups is 1. The first-order chi connectivity index (χ1) is 11.9. The number of alkyl halides is 3. The number of amides is 2. The average molecular weight is 350 g/mol. The van der Waals surface area contributed by atoms with E-state index in [-0.39, 0.29) is 17.9 Å². The normalized spacial score (nSPS) is 11.3. The van der Waals surface area contributed by atoms with Crippen LogP contribution in [0.5, 0.6) is 0 Å². The fraction of sp³-hybridized carbons (Fsp3) is 0.133. The van der Waals surface area contributed by atoms with Gasteiger partial charge in [-0.05, 0) is 30.3 Å². The topological polar surface area (TPSA) is 87.6 Å². The van der Waals surface area contributed by atoms with Crippen molar-refractivity contribution in [2.45, 2.75) is 12.7 Å². The number of halogens is 3. The van der Waals surface area contributed by atoms with Crippen LogP contribution in [0.25, 0.3) is 5.69 Å². The number of H-pyrrole nitrogens is 1. The number of carbonyl (C=O) groups excluding carboxylic acids is 1. The Bertz CT molecular complexity index is 843. The molecular weight excluding hydrogens is 337 g/mol. The summed E-state index contributed by atoms with van der Waals surface area (Å²) >= 11 is 0. The van der Waals surface area contributed by atoms with Crippen molar-refractivity contribution in [1.82, 2.24) is 25.3 Å². The van der Waals surface area contributed by atoms with Crippen LogP contribution < -0.4 is 10.6 Å². The molecule has 1 aromatic carbocycles. The Morgan fingerprint density at radius 2 is 2.08 bits per heavy atom. The van der Waals surface area contributed by atoms with Crippen molar-refractivity contribution in [3.8, 4) is 5.69 Å². The lowest BCUT2D eigenvalue weighted by atomic mass is 10.1. The lowest BCUT2D eigenvalue weighted by Gasteiger charge is -2.15. The van der Waals surface area contributed by atoms with Gasteiger partial charge in [0.15, 0.2) is 0 Å².